The summed E-state index contributed by atoms with van der Waals surface area (Å²) in [5.74, 6) is 2.29. The lowest BCUT2D eigenvalue weighted by Crippen LogP contribution is -2.44. The van der Waals surface area contributed by atoms with Gasteiger partial charge in [0.1, 0.15) is 11.9 Å². The van der Waals surface area contributed by atoms with E-state index in [9.17, 15) is 9.90 Å². The maximum absolute atomic E-state index is 12.0. The number of ether oxygens (including phenoxy) is 3. The Morgan fingerprint density at radius 2 is 1.96 bits per heavy atom. The highest BCUT2D eigenvalue weighted by molar-refractivity contribution is 5.80. The van der Waals surface area contributed by atoms with Crippen molar-refractivity contribution in [3.05, 3.63) is 18.2 Å². The minimum atomic E-state index is -0.914. The fourth-order valence-electron chi connectivity index (χ4n) is 3.32. The third-order valence-electron chi connectivity index (χ3n) is 4.66. The molecule has 1 fully saturated rings. The van der Waals surface area contributed by atoms with Crippen LogP contribution in [0.3, 0.4) is 0 Å². The zero-order chi connectivity index (χ0) is 17.8. The average Bonchev–Trinajstić information content (AvgIpc) is 3.03. The second-order valence-electron chi connectivity index (χ2n) is 7.26. The van der Waals surface area contributed by atoms with Gasteiger partial charge >= 0.3 is 0 Å². The van der Waals surface area contributed by atoms with Crippen LogP contribution < -0.4 is 19.5 Å². The van der Waals surface area contributed by atoms with Gasteiger partial charge in [-0.3, -0.25) is 4.79 Å². The molecule has 1 heterocycles. The third kappa shape index (κ3) is 4.78. The summed E-state index contributed by atoms with van der Waals surface area (Å²) in [4.78, 5) is 12.0. The lowest BCUT2D eigenvalue weighted by Gasteiger charge is -2.30. The molecule has 1 unspecified atom stereocenters. The minimum absolute atomic E-state index is 0.117. The molecule has 2 N–H and O–H groups in total. The van der Waals surface area contributed by atoms with E-state index in [1.807, 2.05) is 32.0 Å². The number of aliphatic hydroxyl groups is 1. The molecule has 1 atom stereocenters. The molecule has 1 aliphatic carbocycles. The van der Waals surface area contributed by atoms with E-state index in [2.05, 4.69) is 5.32 Å². The second-order valence-corrected chi connectivity index (χ2v) is 7.26. The van der Waals surface area contributed by atoms with Crippen LogP contribution in [-0.4, -0.2) is 36.1 Å². The summed E-state index contributed by atoms with van der Waals surface area (Å²) in [5.41, 5.74) is 0. The lowest BCUT2D eigenvalue weighted by atomic mass is 9.92. The first-order valence-electron chi connectivity index (χ1n) is 9.06. The summed E-state index contributed by atoms with van der Waals surface area (Å²) in [6, 6.07) is 5.73. The highest BCUT2D eigenvalue weighted by Crippen LogP contribution is 2.36. The number of hydrogen-bond donors (Lipinski definition) is 2. The van der Waals surface area contributed by atoms with Gasteiger partial charge in [0.2, 0.25) is 12.7 Å². The second kappa shape index (κ2) is 7.95. The Balaban J connectivity index is 1.43. The minimum Gasteiger partial charge on any atom is -0.490 e. The van der Waals surface area contributed by atoms with Gasteiger partial charge in [0, 0.05) is 12.1 Å². The number of nitrogens with one attached hydrogen (secondary N) is 1. The third-order valence-corrected chi connectivity index (χ3v) is 4.66. The standard InChI is InChI=1S/C19H27NO5/c1-12(2)9-16(21)19(22)20-13-3-5-14(6-4-13)25-15-7-8-17-18(10-15)24-11-23-17/h7-8,10,12-14,16,21H,3-6,9,11H2,1-2H3,(H,20,22). The van der Waals surface area contributed by atoms with Crippen molar-refractivity contribution in [2.24, 2.45) is 5.92 Å². The monoisotopic (exact) mass is 349 g/mol. The molecule has 2 aliphatic rings. The van der Waals surface area contributed by atoms with Crippen LogP contribution >= 0.6 is 0 Å². The number of benzene rings is 1. The van der Waals surface area contributed by atoms with E-state index < -0.39 is 6.10 Å². The Hall–Kier alpha value is -1.95. The molecule has 0 saturated heterocycles. The quantitative estimate of drug-likeness (QED) is 0.826. The van der Waals surface area contributed by atoms with Gasteiger partial charge < -0.3 is 24.6 Å². The summed E-state index contributed by atoms with van der Waals surface area (Å²) in [6.45, 7) is 4.25. The van der Waals surface area contributed by atoms with Gasteiger partial charge in [-0.25, -0.2) is 0 Å². The highest BCUT2D eigenvalue weighted by Gasteiger charge is 2.26. The molecule has 1 aromatic carbocycles. The van der Waals surface area contributed by atoms with Crippen LogP contribution in [-0.2, 0) is 4.79 Å². The molecule has 6 heteroatoms. The van der Waals surface area contributed by atoms with Crippen molar-refractivity contribution in [3.63, 3.8) is 0 Å². The van der Waals surface area contributed by atoms with Gasteiger partial charge in [0.15, 0.2) is 11.5 Å². The van der Waals surface area contributed by atoms with E-state index >= 15 is 0 Å². The Morgan fingerprint density at radius 3 is 2.68 bits per heavy atom. The van der Waals surface area contributed by atoms with Crippen LogP contribution in [0.5, 0.6) is 17.2 Å². The molecule has 1 saturated carbocycles. The Morgan fingerprint density at radius 1 is 1.24 bits per heavy atom. The first-order valence-corrected chi connectivity index (χ1v) is 9.06. The normalized spacial score (nSPS) is 23.4. The zero-order valence-electron chi connectivity index (χ0n) is 14.9. The zero-order valence-corrected chi connectivity index (χ0v) is 14.9. The van der Waals surface area contributed by atoms with Gasteiger partial charge in [0.05, 0.1) is 6.10 Å². The number of carbonyl (C=O) groups is 1. The molecule has 138 valence electrons. The molecule has 1 aliphatic heterocycles. The summed E-state index contributed by atoms with van der Waals surface area (Å²) in [5, 5.41) is 12.8. The smallest absolute Gasteiger partial charge is 0.249 e. The van der Waals surface area contributed by atoms with E-state index in [0.717, 1.165) is 42.9 Å². The summed E-state index contributed by atoms with van der Waals surface area (Å²) < 4.78 is 16.7. The lowest BCUT2D eigenvalue weighted by molar-refractivity contribution is -0.131. The van der Waals surface area contributed by atoms with Crippen molar-refractivity contribution in [1.29, 1.82) is 0 Å². The molecule has 1 amide bonds. The molecule has 0 bridgehead atoms. The SMILES string of the molecule is CC(C)CC(O)C(=O)NC1CCC(Oc2ccc3c(c2)OCO3)CC1. The van der Waals surface area contributed by atoms with Crippen molar-refractivity contribution in [2.45, 2.75) is 64.2 Å². The van der Waals surface area contributed by atoms with Crippen LogP contribution in [0.4, 0.5) is 0 Å². The van der Waals surface area contributed by atoms with Gasteiger partial charge in [-0.2, -0.15) is 0 Å². The number of hydrogen-bond acceptors (Lipinski definition) is 5. The van der Waals surface area contributed by atoms with E-state index in [-0.39, 0.29) is 24.8 Å². The topological polar surface area (TPSA) is 77.0 Å². The molecular formula is C19H27NO5. The Kier molecular flexibility index (Phi) is 5.68. The molecule has 25 heavy (non-hydrogen) atoms. The average molecular weight is 349 g/mol. The maximum Gasteiger partial charge on any atom is 0.249 e. The first kappa shape index (κ1) is 17.9. The van der Waals surface area contributed by atoms with E-state index in [0.29, 0.717) is 12.3 Å². The van der Waals surface area contributed by atoms with E-state index in [4.69, 9.17) is 14.2 Å². The molecule has 6 nitrogen and oxygen atoms in total. The number of amides is 1. The number of aliphatic hydroxyl groups excluding tert-OH is 1. The summed E-state index contributed by atoms with van der Waals surface area (Å²) in [6.07, 6.45) is 3.18. The number of rotatable bonds is 6. The van der Waals surface area contributed by atoms with Crippen LogP contribution in [0.15, 0.2) is 18.2 Å². The number of carbonyl (C=O) groups excluding carboxylic acids is 1. The van der Waals surface area contributed by atoms with Crippen LogP contribution in [0.2, 0.25) is 0 Å². The van der Waals surface area contributed by atoms with Crippen molar-refractivity contribution in [2.75, 3.05) is 6.79 Å². The van der Waals surface area contributed by atoms with Gasteiger partial charge in [0.25, 0.3) is 0 Å². The molecule has 3 rings (SSSR count). The number of fused-ring (bicyclic) bond motifs is 1. The molecular weight excluding hydrogens is 322 g/mol. The largest absolute Gasteiger partial charge is 0.490 e. The first-order chi connectivity index (χ1) is 12.0. The van der Waals surface area contributed by atoms with Crippen molar-refractivity contribution < 1.29 is 24.1 Å². The highest BCUT2D eigenvalue weighted by atomic mass is 16.7. The molecule has 0 radical (unpaired) electrons. The van der Waals surface area contributed by atoms with Crippen LogP contribution in [0, 0.1) is 5.92 Å². The van der Waals surface area contributed by atoms with E-state index in [1.54, 1.807) is 0 Å². The molecule has 0 spiro atoms. The van der Waals surface area contributed by atoms with Crippen LogP contribution in [0.1, 0.15) is 46.0 Å². The molecule has 0 aromatic heterocycles. The summed E-state index contributed by atoms with van der Waals surface area (Å²) in [7, 11) is 0. The summed E-state index contributed by atoms with van der Waals surface area (Å²) >= 11 is 0. The fraction of sp³-hybridized carbons (Fsp3) is 0.632. The van der Waals surface area contributed by atoms with Gasteiger partial charge in [-0.1, -0.05) is 13.8 Å². The maximum atomic E-state index is 12.0. The van der Waals surface area contributed by atoms with Crippen molar-refractivity contribution in [1.82, 2.24) is 5.32 Å². The van der Waals surface area contributed by atoms with E-state index in [1.165, 1.54) is 0 Å². The fourth-order valence-corrected chi connectivity index (χ4v) is 3.32. The van der Waals surface area contributed by atoms with Crippen molar-refractivity contribution in [3.8, 4) is 17.2 Å². The molecule has 1 aromatic rings. The van der Waals surface area contributed by atoms with Crippen LogP contribution in [0.25, 0.3) is 0 Å². The Labute approximate surface area is 148 Å². The van der Waals surface area contributed by atoms with Gasteiger partial charge in [-0.15, -0.1) is 0 Å². The predicted molar refractivity (Wildman–Crippen MR) is 92.8 cm³/mol. The van der Waals surface area contributed by atoms with Gasteiger partial charge in [-0.05, 0) is 50.2 Å². The predicted octanol–water partition coefficient (Wildman–Crippen LogP) is 2.63. The van der Waals surface area contributed by atoms with Crippen molar-refractivity contribution >= 4 is 5.91 Å². The Bertz CT molecular complexity index is 595.